The molecule has 0 saturated heterocycles. The van der Waals surface area contributed by atoms with Gasteiger partial charge in [0.25, 0.3) is 0 Å². The molecule has 0 amide bonds. The van der Waals surface area contributed by atoms with Crippen molar-refractivity contribution in [1.82, 2.24) is 0 Å². The second kappa shape index (κ2) is 13.7. The Morgan fingerprint density at radius 3 is 1.22 bits per heavy atom. The van der Waals surface area contributed by atoms with E-state index < -0.39 is 0 Å². The molecule has 0 aliphatic carbocycles. The summed E-state index contributed by atoms with van der Waals surface area (Å²) in [6, 6.07) is 35.0. The van der Waals surface area contributed by atoms with Gasteiger partial charge in [-0.1, -0.05) is 118 Å². The zero-order valence-electron chi connectivity index (χ0n) is 22.3. The summed E-state index contributed by atoms with van der Waals surface area (Å²) in [5.41, 5.74) is 21.4. The summed E-state index contributed by atoms with van der Waals surface area (Å²) in [5, 5.41) is 0. The lowest BCUT2D eigenvalue weighted by atomic mass is 9.85. The predicted octanol–water partition coefficient (Wildman–Crippen LogP) is 8.92. The molecule has 4 aromatic carbocycles. The number of nitrogens with two attached hydrogens (primary N) is 2. The highest BCUT2D eigenvalue weighted by Crippen LogP contribution is 2.31. The standard InChI is InChI=1S/C35H42N2/c1-2-3-4-5-6-7-8-35(31-17-9-27(10-18-31)25-29-13-21-33(36)22-14-29)32-19-11-28(12-20-32)26-30-15-23-34(37)24-16-30/h9-24,35H,2-8,25-26,36-37H2,1H3. The maximum Gasteiger partial charge on any atom is 0.0314 e. The molecule has 0 atom stereocenters. The fourth-order valence-electron chi connectivity index (χ4n) is 5.13. The Morgan fingerprint density at radius 1 is 0.459 bits per heavy atom. The molecule has 2 nitrogen and oxygen atoms in total. The van der Waals surface area contributed by atoms with Crippen LogP contribution < -0.4 is 11.5 Å². The van der Waals surface area contributed by atoms with Crippen molar-refractivity contribution < 1.29 is 0 Å². The van der Waals surface area contributed by atoms with E-state index in [2.05, 4.69) is 79.7 Å². The molecule has 0 bridgehead atoms. The molecule has 0 aliphatic rings. The first-order valence-corrected chi connectivity index (χ1v) is 14.0. The summed E-state index contributed by atoms with van der Waals surface area (Å²) in [5.74, 6) is 0.433. The van der Waals surface area contributed by atoms with Crippen LogP contribution in [-0.2, 0) is 12.8 Å². The van der Waals surface area contributed by atoms with E-state index in [0.29, 0.717) is 5.92 Å². The van der Waals surface area contributed by atoms with Gasteiger partial charge in [-0.2, -0.15) is 0 Å². The number of anilines is 2. The number of nitrogen functional groups attached to an aromatic ring is 2. The maximum absolute atomic E-state index is 5.85. The zero-order chi connectivity index (χ0) is 25.9. The molecule has 4 rings (SSSR count). The fourth-order valence-corrected chi connectivity index (χ4v) is 5.13. The molecule has 4 aromatic rings. The summed E-state index contributed by atoms with van der Waals surface area (Å²) in [7, 11) is 0. The van der Waals surface area contributed by atoms with Gasteiger partial charge in [0.05, 0.1) is 0 Å². The van der Waals surface area contributed by atoms with Crippen LogP contribution in [0.15, 0.2) is 97.1 Å². The highest BCUT2D eigenvalue weighted by atomic mass is 14.5. The van der Waals surface area contributed by atoms with Crippen molar-refractivity contribution in [3.05, 3.63) is 130 Å². The molecule has 0 aromatic heterocycles. The Hall–Kier alpha value is -3.52. The summed E-state index contributed by atoms with van der Waals surface area (Å²) >= 11 is 0. The molecule has 0 aliphatic heterocycles. The molecule has 4 N–H and O–H groups in total. The van der Waals surface area contributed by atoms with Crippen LogP contribution in [0.3, 0.4) is 0 Å². The zero-order valence-corrected chi connectivity index (χ0v) is 22.3. The topological polar surface area (TPSA) is 52.0 Å². The Kier molecular flexibility index (Phi) is 9.82. The lowest BCUT2D eigenvalue weighted by molar-refractivity contribution is 0.568. The van der Waals surface area contributed by atoms with E-state index in [1.54, 1.807) is 0 Å². The van der Waals surface area contributed by atoms with Crippen molar-refractivity contribution in [2.75, 3.05) is 11.5 Å². The van der Waals surface area contributed by atoms with E-state index in [0.717, 1.165) is 24.2 Å². The van der Waals surface area contributed by atoms with Crippen molar-refractivity contribution in [3.63, 3.8) is 0 Å². The van der Waals surface area contributed by atoms with Gasteiger partial charge in [0.15, 0.2) is 0 Å². The minimum Gasteiger partial charge on any atom is -0.399 e. The van der Waals surface area contributed by atoms with Gasteiger partial charge in [-0.3, -0.25) is 0 Å². The molecule has 0 heterocycles. The van der Waals surface area contributed by atoms with E-state index in [1.165, 1.54) is 78.3 Å². The molecule has 0 spiro atoms. The SMILES string of the molecule is CCCCCCCCC(c1ccc(Cc2ccc(N)cc2)cc1)c1ccc(Cc2ccc(N)cc2)cc1. The predicted molar refractivity (Wildman–Crippen MR) is 160 cm³/mol. The summed E-state index contributed by atoms with van der Waals surface area (Å²) < 4.78 is 0. The van der Waals surface area contributed by atoms with Crippen molar-refractivity contribution in [2.24, 2.45) is 0 Å². The average molecular weight is 491 g/mol. The van der Waals surface area contributed by atoms with E-state index in [4.69, 9.17) is 11.5 Å². The Morgan fingerprint density at radius 2 is 0.811 bits per heavy atom. The van der Waals surface area contributed by atoms with Crippen molar-refractivity contribution in [2.45, 2.75) is 70.6 Å². The molecule has 192 valence electrons. The molecule has 0 radical (unpaired) electrons. The van der Waals surface area contributed by atoms with Gasteiger partial charge in [0.1, 0.15) is 0 Å². The summed E-state index contributed by atoms with van der Waals surface area (Å²) in [6.45, 7) is 2.28. The number of unbranched alkanes of at least 4 members (excludes halogenated alkanes) is 5. The first-order valence-electron chi connectivity index (χ1n) is 14.0. The molecule has 0 saturated carbocycles. The van der Waals surface area contributed by atoms with Crippen LogP contribution in [0.1, 0.15) is 91.2 Å². The van der Waals surface area contributed by atoms with Crippen LogP contribution in [0.5, 0.6) is 0 Å². The quantitative estimate of drug-likeness (QED) is 0.145. The highest BCUT2D eigenvalue weighted by molar-refractivity contribution is 5.43. The first-order chi connectivity index (χ1) is 18.1. The summed E-state index contributed by atoms with van der Waals surface area (Å²) in [6.07, 6.45) is 11.0. The van der Waals surface area contributed by atoms with E-state index >= 15 is 0 Å². The van der Waals surface area contributed by atoms with Gasteiger partial charge in [0, 0.05) is 17.3 Å². The molecular weight excluding hydrogens is 448 g/mol. The highest BCUT2D eigenvalue weighted by Gasteiger charge is 2.14. The Bertz CT molecular complexity index is 1100. The molecule has 2 heteroatoms. The average Bonchev–Trinajstić information content (AvgIpc) is 2.92. The number of rotatable bonds is 13. The third kappa shape index (κ3) is 8.25. The fraction of sp³-hybridized carbons (Fsp3) is 0.314. The third-order valence-electron chi connectivity index (χ3n) is 7.39. The summed E-state index contributed by atoms with van der Waals surface area (Å²) in [4.78, 5) is 0. The normalized spacial score (nSPS) is 11.2. The largest absolute Gasteiger partial charge is 0.399 e. The molecule has 0 unspecified atom stereocenters. The van der Waals surface area contributed by atoms with Crippen LogP contribution in [0.2, 0.25) is 0 Å². The van der Waals surface area contributed by atoms with Gasteiger partial charge in [0.2, 0.25) is 0 Å². The number of benzene rings is 4. The third-order valence-corrected chi connectivity index (χ3v) is 7.39. The number of hydrogen-bond acceptors (Lipinski definition) is 2. The van der Waals surface area contributed by atoms with Crippen LogP contribution in [0.25, 0.3) is 0 Å². The number of hydrogen-bond donors (Lipinski definition) is 2. The lowest BCUT2D eigenvalue weighted by Gasteiger charge is -2.19. The minimum absolute atomic E-state index is 0.433. The second-order valence-corrected chi connectivity index (χ2v) is 10.4. The van der Waals surface area contributed by atoms with Crippen molar-refractivity contribution in [1.29, 1.82) is 0 Å². The van der Waals surface area contributed by atoms with Crippen molar-refractivity contribution in [3.8, 4) is 0 Å². The molecule has 37 heavy (non-hydrogen) atoms. The minimum atomic E-state index is 0.433. The van der Waals surface area contributed by atoms with Gasteiger partial charge < -0.3 is 11.5 Å². The first kappa shape index (κ1) is 26.5. The maximum atomic E-state index is 5.85. The van der Waals surface area contributed by atoms with E-state index in [1.807, 2.05) is 24.3 Å². The Balaban J connectivity index is 1.46. The van der Waals surface area contributed by atoms with Crippen LogP contribution in [-0.4, -0.2) is 0 Å². The second-order valence-electron chi connectivity index (χ2n) is 10.4. The smallest absolute Gasteiger partial charge is 0.0314 e. The van der Waals surface area contributed by atoms with Gasteiger partial charge in [-0.05, 0) is 76.9 Å². The molecule has 0 fully saturated rings. The molecular formula is C35H42N2. The van der Waals surface area contributed by atoms with Crippen LogP contribution >= 0.6 is 0 Å². The van der Waals surface area contributed by atoms with Gasteiger partial charge in [-0.25, -0.2) is 0 Å². The van der Waals surface area contributed by atoms with Crippen molar-refractivity contribution >= 4 is 11.4 Å². The lowest BCUT2D eigenvalue weighted by Crippen LogP contribution is -2.03. The van der Waals surface area contributed by atoms with Crippen LogP contribution in [0.4, 0.5) is 11.4 Å². The van der Waals surface area contributed by atoms with E-state index in [-0.39, 0.29) is 0 Å². The van der Waals surface area contributed by atoms with E-state index in [9.17, 15) is 0 Å². The van der Waals surface area contributed by atoms with Gasteiger partial charge >= 0.3 is 0 Å². The monoisotopic (exact) mass is 490 g/mol. The van der Waals surface area contributed by atoms with Crippen LogP contribution in [0, 0.1) is 0 Å². The Labute approximate surface area is 223 Å². The van der Waals surface area contributed by atoms with Gasteiger partial charge in [-0.15, -0.1) is 0 Å².